The van der Waals surface area contributed by atoms with Crippen LogP contribution in [-0.4, -0.2) is 37.4 Å². The van der Waals surface area contributed by atoms with E-state index in [2.05, 4.69) is 19.2 Å². The number of carbonyl (C=O) groups is 1. The molecule has 2 aliphatic carbocycles. The third kappa shape index (κ3) is 4.68. The van der Waals surface area contributed by atoms with Crippen molar-refractivity contribution in [1.82, 2.24) is 5.32 Å². The van der Waals surface area contributed by atoms with E-state index in [1.807, 2.05) is 0 Å². The molecule has 3 atom stereocenters. The fourth-order valence-corrected chi connectivity index (χ4v) is 3.43. The zero-order valence-corrected chi connectivity index (χ0v) is 13.8. The van der Waals surface area contributed by atoms with Gasteiger partial charge in [0.15, 0.2) is 0 Å². The number of rotatable bonds is 8. The monoisotopic (exact) mass is 297 g/mol. The van der Waals surface area contributed by atoms with Gasteiger partial charge >= 0.3 is 5.97 Å². The third-order valence-corrected chi connectivity index (χ3v) is 4.74. The summed E-state index contributed by atoms with van der Waals surface area (Å²) in [6.07, 6.45) is 8.67. The Morgan fingerprint density at radius 2 is 2.14 bits per heavy atom. The van der Waals surface area contributed by atoms with Crippen LogP contribution in [0.2, 0.25) is 0 Å². The highest BCUT2D eigenvalue weighted by Gasteiger charge is 2.47. The summed E-state index contributed by atoms with van der Waals surface area (Å²) in [7, 11) is 1.49. The Kier molecular flexibility index (Phi) is 6.06. The van der Waals surface area contributed by atoms with Crippen LogP contribution in [0.3, 0.4) is 0 Å². The zero-order chi connectivity index (χ0) is 15.3. The standard InChI is InChI=1S/C17H31NO3/c1-4-6-13(2)12-21-15-7-5-10-17(11-15,16(19)20-3)18-14-8-9-14/h13-15,18H,4-12H2,1-3H3. The van der Waals surface area contributed by atoms with Crippen molar-refractivity contribution in [3.8, 4) is 0 Å². The largest absolute Gasteiger partial charge is 0.468 e. The van der Waals surface area contributed by atoms with Crippen molar-refractivity contribution in [2.75, 3.05) is 13.7 Å². The molecule has 0 spiro atoms. The number of esters is 1. The number of carbonyl (C=O) groups excluding carboxylic acids is 1. The summed E-state index contributed by atoms with van der Waals surface area (Å²) in [5.74, 6) is 0.491. The molecule has 0 amide bonds. The minimum atomic E-state index is -0.507. The molecule has 0 aromatic rings. The Hall–Kier alpha value is -0.610. The second-order valence-corrected chi connectivity index (χ2v) is 6.94. The summed E-state index contributed by atoms with van der Waals surface area (Å²) in [5, 5.41) is 3.55. The van der Waals surface area contributed by atoms with E-state index in [4.69, 9.17) is 9.47 Å². The van der Waals surface area contributed by atoms with Gasteiger partial charge in [-0.3, -0.25) is 10.1 Å². The third-order valence-electron chi connectivity index (χ3n) is 4.74. The Morgan fingerprint density at radius 1 is 1.38 bits per heavy atom. The van der Waals surface area contributed by atoms with E-state index >= 15 is 0 Å². The van der Waals surface area contributed by atoms with Crippen molar-refractivity contribution in [3.63, 3.8) is 0 Å². The lowest BCUT2D eigenvalue weighted by Gasteiger charge is -2.39. The molecule has 2 fully saturated rings. The number of ether oxygens (including phenoxy) is 2. The average molecular weight is 297 g/mol. The lowest BCUT2D eigenvalue weighted by Crippen LogP contribution is -2.57. The number of methoxy groups -OCH3 is 1. The fourth-order valence-electron chi connectivity index (χ4n) is 3.43. The van der Waals surface area contributed by atoms with Crippen molar-refractivity contribution in [2.24, 2.45) is 5.92 Å². The van der Waals surface area contributed by atoms with Gasteiger partial charge in [0.25, 0.3) is 0 Å². The van der Waals surface area contributed by atoms with Gasteiger partial charge in [-0.2, -0.15) is 0 Å². The predicted molar refractivity (Wildman–Crippen MR) is 83.2 cm³/mol. The number of nitrogens with one attached hydrogen (secondary N) is 1. The van der Waals surface area contributed by atoms with Crippen LogP contribution in [0.1, 0.15) is 65.2 Å². The summed E-state index contributed by atoms with van der Waals surface area (Å²) < 4.78 is 11.2. The first-order valence-corrected chi connectivity index (χ1v) is 8.57. The Balaban J connectivity index is 1.90. The molecule has 122 valence electrons. The van der Waals surface area contributed by atoms with Crippen LogP contribution in [0, 0.1) is 5.92 Å². The molecule has 0 aliphatic heterocycles. The molecule has 1 N–H and O–H groups in total. The first-order valence-electron chi connectivity index (χ1n) is 8.57. The maximum Gasteiger partial charge on any atom is 0.326 e. The summed E-state index contributed by atoms with van der Waals surface area (Å²) in [5.41, 5.74) is -0.507. The second kappa shape index (κ2) is 7.59. The van der Waals surface area contributed by atoms with Gasteiger partial charge in [-0.25, -0.2) is 0 Å². The molecule has 21 heavy (non-hydrogen) atoms. The van der Waals surface area contributed by atoms with E-state index in [9.17, 15) is 4.79 Å². The van der Waals surface area contributed by atoms with Gasteiger partial charge in [0, 0.05) is 19.1 Å². The Bertz CT molecular complexity index is 343. The number of hydrogen-bond donors (Lipinski definition) is 1. The maximum absolute atomic E-state index is 12.3. The van der Waals surface area contributed by atoms with Crippen LogP contribution in [0.15, 0.2) is 0 Å². The normalized spacial score (nSPS) is 30.9. The zero-order valence-electron chi connectivity index (χ0n) is 13.8. The maximum atomic E-state index is 12.3. The lowest BCUT2D eigenvalue weighted by atomic mass is 9.79. The quantitative estimate of drug-likeness (QED) is 0.700. The van der Waals surface area contributed by atoms with Gasteiger partial charge in [0.05, 0.1) is 13.2 Å². The molecule has 2 rings (SSSR count). The molecule has 2 saturated carbocycles. The molecule has 3 unspecified atom stereocenters. The first-order chi connectivity index (χ1) is 10.1. The summed E-state index contributed by atoms with van der Waals surface area (Å²) in [4.78, 5) is 12.3. The lowest BCUT2D eigenvalue weighted by molar-refractivity contribution is -0.153. The Morgan fingerprint density at radius 3 is 2.76 bits per heavy atom. The van der Waals surface area contributed by atoms with Gasteiger partial charge in [-0.1, -0.05) is 20.3 Å². The van der Waals surface area contributed by atoms with Crippen LogP contribution < -0.4 is 5.32 Å². The highest BCUT2D eigenvalue weighted by atomic mass is 16.5. The van der Waals surface area contributed by atoms with Gasteiger partial charge < -0.3 is 9.47 Å². The second-order valence-electron chi connectivity index (χ2n) is 6.94. The van der Waals surface area contributed by atoms with Crippen LogP contribution in [0.25, 0.3) is 0 Å². The van der Waals surface area contributed by atoms with E-state index in [1.54, 1.807) is 0 Å². The molecule has 0 bridgehead atoms. The van der Waals surface area contributed by atoms with Gasteiger partial charge in [0.2, 0.25) is 0 Å². The minimum absolute atomic E-state index is 0.107. The predicted octanol–water partition coefficient (Wildman–Crippen LogP) is 3.05. The van der Waals surface area contributed by atoms with Crippen LogP contribution in [-0.2, 0) is 14.3 Å². The molecular weight excluding hydrogens is 266 g/mol. The number of hydrogen-bond acceptors (Lipinski definition) is 4. The summed E-state index contributed by atoms with van der Waals surface area (Å²) >= 11 is 0. The molecule has 4 heteroatoms. The fraction of sp³-hybridized carbons (Fsp3) is 0.941. The van der Waals surface area contributed by atoms with E-state index in [1.165, 1.54) is 32.8 Å². The van der Waals surface area contributed by atoms with Gasteiger partial charge in [-0.05, 0) is 44.4 Å². The van der Waals surface area contributed by atoms with E-state index < -0.39 is 5.54 Å². The molecule has 0 aromatic carbocycles. The summed E-state index contributed by atoms with van der Waals surface area (Å²) in [6, 6.07) is 0.502. The van der Waals surface area contributed by atoms with Crippen molar-refractivity contribution >= 4 is 5.97 Å². The molecule has 2 aliphatic rings. The molecule has 0 aromatic heterocycles. The molecule has 0 heterocycles. The van der Waals surface area contributed by atoms with E-state index in [0.29, 0.717) is 12.0 Å². The van der Waals surface area contributed by atoms with Gasteiger partial charge in [0.1, 0.15) is 5.54 Å². The molecule has 0 radical (unpaired) electrons. The van der Waals surface area contributed by atoms with Crippen molar-refractivity contribution in [1.29, 1.82) is 0 Å². The Labute approximate surface area is 129 Å². The van der Waals surface area contributed by atoms with Crippen molar-refractivity contribution in [3.05, 3.63) is 0 Å². The van der Waals surface area contributed by atoms with E-state index in [0.717, 1.165) is 32.3 Å². The van der Waals surface area contributed by atoms with Crippen LogP contribution >= 0.6 is 0 Å². The molecule has 0 saturated heterocycles. The highest BCUT2D eigenvalue weighted by molar-refractivity contribution is 5.81. The van der Waals surface area contributed by atoms with Crippen molar-refractivity contribution in [2.45, 2.75) is 82.9 Å². The first kappa shape index (κ1) is 16.8. The topological polar surface area (TPSA) is 47.6 Å². The van der Waals surface area contributed by atoms with E-state index in [-0.39, 0.29) is 12.1 Å². The SMILES string of the molecule is CCCC(C)COC1CCCC(NC2CC2)(C(=O)OC)C1. The highest BCUT2D eigenvalue weighted by Crippen LogP contribution is 2.35. The summed E-state index contributed by atoms with van der Waals surface area (Å²) in [6.45, 7) is 5.25. The average Bonchev–Trinajstić information content (AvgIpc) is 3.28. The van der Waals surface area contributed by atoms with Gasteiger partial charge in [-0.15, -0.1) is 0 Å². The smallest absolute Gasteiger partial charge is 0.326 e. The van der Waals surface area contributed by atoms with Crippen LogP contribution in [0.4, 0.5) is 0 Å². The van der Waals surface area contributed by atoms with Crippen molar-refractivity contribution < 1.29 is 14.3 Å². The van der Waals surface area contributed by atoms with Crippen LogP contribution in [0.5, 0.6) is 0 Å². The minimum Gasteiger partial charge on any atom is -0.468 e. The molecular formula is C17H31NO3. The molecule has 4 nitrogen and oxygen atoms in total.